The Kier molecular flexibility index (Phi) is 10.0. The summed E-state index contributed by atoms with van der Waals surface area (Å²) < 4.78 is 15.2. The number of carboxylic acid groups (broad SMARTS) is 1. The molecule has 0 radical (unpaired) electrons. The molecule has 4 aliphatic carbocycles. The van der Waals surface area contributed by atoms with Gasteiger partial charge in [-0.05, 0) is 79.9 Å². The molecule has 288 valence electrons. The zero-order valence-corrected chi connectivity index (χ0v) is 30.4. The molecule has 1 saturated heterocycles. The summed E-state index contributed by atoms with van der Waals surface area (Å²) in [4.78, 5) is 62.1. The lowest BCUT2D eigenvalue weighted by Crippen LogP contribution is -2.63. The smallest absolute Gasteiger partial charge is 0.303 e. The molecular weight excluding hydrogens is 696 g/mol. The summed E-state index contributed by atoms with van der Waals surface area (Å²) in [5.74, 6) is -2.82. The molecule has 0 unspecified atom stereocenters. The first-order chi connectivity index (χ1) is 25.7. The van der Waals surface area contributed by atoms with E-state index >= 15 is 0 Å². The zero-order valence-electron chi connectivity index (χ0n) is 30.4. The Morgan fingerprint density at radius 3 is 2.70 bits per heavy atom. The number of carbonyl (C=O) groups excluding carboxylic acids is 4. The fraction of sp³-hybridized carbons (Fsp3) is 0.525. The van der Waals surface area contributed by atoms with E-state index in [1.165, 1.54) is 0 Å². The maximum absolute atomic E-state index is 13.9. The number of aliphatic hydroxyl groups is 2. The van der Waals surface area contributed by atoms with E-state index in [2.05, 4.69) is 17.6 Å². The van der Waals surface area contributed by atoms with E-state index in [9.17, 15) is 34.2 Å². The van der Waals surface area contributed by atoms with Crippen LogP contribution in [0.25, 0.3) is 0 Å². The number of Topliss-reactive ketones (excluding diaryl/α,β-unsaturated/α-hetero) is 1. The maximum Gasteiger partial charge on any atom is 0.303 e. The fourth-order valence-corrected chi connectivity index (χ4v) is 10.5. The Labute approximate surface area is 312 Å². The number of fused-ring (bicyclic) bond motifs is 7. The highest BCUT2D eigenvalue weighted by Crippen LogP contribution is 2.70. The summed E-state index contributed by atoms with van der Waals surface area (Å²) in [5.41, 5.74) is 5.65. The number of rotatable bonds is 12. The Morgan fingerprint density at radius 1 is 1.17 bits per heavy atom. The fourth-order valence-electron chi connectivity index (χ4n) is 10.5. The topological polar surface area (TPSA) is 220 Å². The van der Waals surface area contributed by atoms with Gasteiger partial charge in [0.25, 0.3) is 0 Å². The van der Waals surface area contributed by atoms with E-state index in [4.69, 9.17) is 20.3 Å². The van der Waals surface area contributed by atoms with Crippen molar-refractivity contribution in [1.82, 2.24) is 9.88 Å². The van der Waals surface area contributed by atoms with Gasteiger partial charge in [0.05, 0.1) is 18.8 Å². The molecule has 3 saturated carbocycles. The van der Waals surface area contributed by atoms with Gasteiger partial charge in [-0.3, -0.25) is 24.0 Å². The number of allylic oxidation sites excluding steroid dienone is 4. The number of nitrogens with zero attached hydrogens (tertiary/aromatic N) is 1. The molecular formula is C40H48N4O10. The molecule has 5 aliphatic rings. The normalized spacial score (nSPS) is 34.2. The molecule has 14 heteroatoms. The lowest BCUT2D eigenvalue weighted by molar-refractivity contribution is -0.201. The average molecular weight is 745 g/mol. The summed E-state index contributed by atoms with van der Waals surface area (Å²) in [6, 6.07) is 7.87. The lowest BCUT2D eigenvalue weighted by Gasteiger charge is -2.59. The largest absolute Gasteiger partial charge is 0.481 e. The number of aliphatic hydroxyl groups excluding tert-OH is 2. The summed E-state index contributed by atoms with van der Waals surface area (Å²) in [5, 5.41) is 36.5. The Bertz CT molecular complexity index is 1920. The lowest BCUT2D eigenvalue weighted by atomic mass is 9.46. The molecule has 0 bridgehead atoms. The number of amides is 2. The second kappa shape index (κ2) is 14.3. The van der Waals surface area contributed by atoms with Gasteiger partial charge in [0.2, 0.25) is 11.8 Å². The highest BCUT2D eigenvalue weighted by molar-refractivity contribution is 6.01. The van der Waals surface area contributed by atoms with Crippen LogP contribution < -0.4 is 16.4 Å². The second-order valence-corrected chi connectivity index (χ2v) is 15.9. The van der Waals surface area contributed by atoms with E-state index in [0.29, 0.717) is 24.2 Å². The Hall–Kier alpha value is -4.47. The first kappa shape index (κ1) is 37.8. The highest BCUT2D eigenvalue weighted by atomic mass is 16.7. The third kappa shape index (κ3) is 6.33. The molecule has 2 amide bonds. The van der Waals surface area contributed by atoms with Gasteiger partial charge in [0, 0.05) is 53.4 Å². The highest BCUT2D eigenvalue weighted by Gasteiger charge is 2.76. The molecule has 7 rings (SSSR count). The molecule has 14 nitrogen and oxygen atoms in total. The number of aromatic nitrogens is 1. The van der Waals surface area contributed by atoms with E-state index in [0.717, 1.165) is 24.0 Å². The van der Waals surface area contributed by atoms with Crippen molar-refractivity contribution >= 4 is 35.0 Å². The number of nitrogens with one attached hydrogen (secondary N) is 2. The van der Waals surface area contributed by atoms with Crippen molar-refractivity contribution in [1.29, 1.82) is 0 Å². The standard InChI is InChI=1S/C40H48N4O10/c1-38-12-10-26(46)15-24(38)6-7-27-28-16-32-40(31(48)21-45,39(28,2)17-30(47)35(27)38)54-37(53-32)23-11-13-44(20-23)19-22-4-3-5-25(14-22)42-36(52)29(8-9-34(50)51)43-33(49)18-41/h3-5,10-15,20,27-30,32,35,37,45,47H,6-9,16-19,21,41H2,1-2H3,(H,42,52)(H,43,49)(H,50,51)/t27-,28-,29-,30-,32+,35+,37+,38-,39-,40+/m0/s1. The minimum absolute atomic E-state index is 0.0153. The van der Waals surface area contributed by atoms with Crippen LogP contribution in [-0.4, -0.2) is 86.2 Å². The summed E-state index contributed by atoms with van der Waals surface area (Å²) in [6.07, 6.45) is 8.59. The maximum atomic E-state index is 13.9. The molecule has 54 heavy (non-hydrogen) atoms. The molecule has 7 N–H and O–H groups in total. The van der Waals surface area contributed by atoms with Crippen LogP contribution in [0.5, 0.6) is 0 Å². The van der Waals surface area contributed by atoms with Gasteiger partial charge >= 0.3 is 5.97 Å². The summed E-state index contributed by atoms with van der Waals surface area (Å²) >= 11 is 0. The van der Waals surface area contributed by atoms with Crippen LogP contribution in [0.15, 0.2) is 66.5 Å². The molecule has 4 fully saturated rings. The monoisotopic (exact) mass is 744 g/mol. The number of nitrogens with two attached hydrogens (primary N) is 1. The number of ether oxygens (including phenoxy) is 2. The molecule has 1 aliphatic heterocycles. The van der Waals surface area contributed by atoms with Gasteiger partial charge in [0.15, 0.2) is 23.5 Å². The Morgan fingerprint density at radius 2 is 1.96 bits per heavy atom. The number of carboxylic acids is 1. The predicted molar refractivity (Wildman–Crippen MR) is 193 cm³/mol. The minimum atomic E-state index is -1.46. The quantitative estimate of drug-likeness (QED) is 0.185. The molecule has 2 heterocycles. The van der Waals surface area contributed by atoms with Crippen LogP contribution in [0.2, 0.25) is 0 Å². The molecule has 1 aromatic heterocycles. The molecule has 10 atom stereocenters. The van der Waals surface area contributed by atoms with Gasteiger partial charge < -0.3 is 45.7 Å². The van der Waals surface area contributed by atoms with Crippen molar-refractivity contribution in [2.45, 2.75) is 89.1 Å². The Balaban J connectivity index is 1.07. The van der Waals surface area contributed by atoms with E-state index in [1.54, 1.807) is 30.4 Å². The number of ketones is 2. The third-order valence-electron chi connectivity index (χ3n) is 12.9. The van der Waals surface area contributed by atoms with Crippen LogP contribution >= 0.6 is 0 Å². The van der Waals surface area contributed by atoms with Gasteiger partial charge in [-0.1, -0.05) is 37.6 Å². The van der Waals surface area contributed by atoms with Gasteiger partial charge in [-0.15, -0.1) is 0 Å². The van der Waals surface area contributed by atoms with Crippen molar-refractivity contribution in [3.63, 3.8) is 0 Å². The van der Waals surface area contributed by atoms with Gasteiger partial charge in [-0.25, -0.2) is 0 Å². The SMILES string of the molecule is C[C@]12C=CC(=O)C=C1CC[C@@H]1[C@@H]2[C@@H](O)C[C@@]2(C)[C@H]1C[C@H]1O[C@@H](c3ccn(Cc4cccc(NC(=O)[C@H](CCC(=O)O)NC(=O)CN)c4)c3)O[C@]12C(=O)CO. The van der Waals surface area contributed by atoms with Gasteiger partial charge in [-0.2, -0.15) is 0 Å². The molecule has 2 aromatic rings. The number of carbonyl (C=O) groups is 5. The van der Waals surface area contributed by atoms with E-state index in [-0.39, 0.29) is 49.3 Å². The zero-order chi connectivity index (χ0) is 38.6. The number of hydrogen-bond acceptors (Lipinski definition) is 10. The van der Waals surface area contributed by atoms with E-state index < -0.39 is 71.1 Å². The number of hydrogen-bond donors (Lipinski definition) is 6. The number of aliphatic carboxylic acids is 1. The van der Waals surface area contributed by atoms with E-state index in [1.807, 2.05) is 42.1 Å². The van der Waals surface area contributed by atoms with Crippen LogP contribution in [0.1, 0.15) is 69.8 Å². The van der Waals surface area contributed by atoms with Crippen LogP contribution in [0, 0.1) is 28.6 Å². The summed E-state index contributed by atoms with van der Waals surface area (Å²) in [7, 11) is 0. The first-order valence-corrected chi connectivity index (χ1v) is 18.6. The van der Waals surface area contributed by atoms with Crippen molar-refractivity contribution in [3.8, 4) is 0 Å². The third-order valence-corrected chi connectivity index (χ3v) is 12.9. The molecule has 1 aromatic carbocycles. The predicted octanol–water partition coefficient (Wildman–Crippen LogP) is 2.39. The van der Waals surface area contributed by atoms with Crippen molar-refractivity contribution < 1.29 is 48.8 Å². The summed E-state index contributed by atoms with van der Waals surface area (Å²) in [6.45, 7) is 3.44. The van der Waals surface area contributed by atoms with Crippen molar-refractivity contribution in [3.05, 3.63) is 77.7 Å². The van der Waals surface area contributed by atoms with Crippen LogP contribution in [0.3, 0.4) is 0 Å². The average Bonchev–Trinajstić information content (AvgIpc) is 3.82. The van der Waals surface area contributed by atoms with Crippen LogP contribution in [-0.2, 0) is 40.0 Å². The van der Waals surface area contributed by atoms with Crippen LogP contribution in [0.4, 0.5) is 5.69 Å². The van der Waals surface area contributed by atoms with Crippen molar-refractivity contribution in [2.75, 3.05) is 18.5 Å². The van der Waals surface area contributed by atoms with Gasteiger partial charge in [0.1, 0.15) is 12.6 Å². The number of anilines is 1. The minimum Gasteiger partial charge on any atom is -0.481 e. The first-order valence-electron chi connectivity index (χ1n) is 18.6. The second-order valence-electron chi connectivity index (χ2n) is 15.9. The number of benzene rings is 1. The molecule has 0 spiro atoms. The van der Waals surface area contributed by atoms with Crippen molar-refractivity contribution in [2.24, 2.45) is 34.3 Å².